The van der Waals surface area contributed by atoms with Crippen molar-refractivity contribution in [3.8, 4) is 0 Å². The minimum atomic E-state index is -0.524. The molecule has 0 bridgehead atoms. The summed E-state index contributed by atoms with van der Waals surface area (Å²) >= 11 is 0. The van der Waals surface area contributed by atoms with Gasteiger partial charge in [-0.25, -0.2) is 4.39 Å². The second-order valence-corrected chi connectivity index (χ2v) is 8.33. The van der Waals surface area contributed by atoms with Crippen LogP contribution >= 0.6 is 0 Å². The maximum atomic E-state index is 13.2. The Morgan fingerprint density at radius 2 is 1.50 bits per heavy atom. The summed E-state index contributed by atoms with van der Waals surface area (Å²) in [5, 5.41) is 6.36. The van der Waals surface area contributed by atoms with Gasteiger partial charge in [0.2, 0.25) is 5.91 Å². The Balaban J connectivity index is 1.48. The van der Waals surface area contributed by atoms with Crippen LogP contribution in [0.5, 0.6) is 0 Å². The lowest BCUT2D eigenvalue weighted by atomic mass is 10.0. The average Bonchev–Trinajstić information content (AvgIpc) is 2.83. The molecule has 2 N–H and O–H groups in total. The zero-order chi connectivity index (χ0) is 22.2. The molecule has 1 fully saturated rings. The number of hydrogen-bond acceptors (Lipinski definition) is 3. The average molecular weight is 432 g/mol. The van der Waals surface area contributed by atoms with Crippen molar-refractivity contribution in [2.24, 2.45) is 0 Å². The standard InChI is InChI=1S/C27H30FN3O/c28-24-13-15-25(16-14-24)30-27(32)26(21-9-3-1-4-10-21)29-19-22-11-5-6-12-23(22)20-31-17-7-2-8-18-31/h1,3-6,9-16,26,29H,2,7-8,17-20H2,(H,30,32). The minimum Gasteiger partial charge on any atom is -0.324 e. The molecule has 4 nitrogen and oxygen atoms in total. The summed E-state index contributed by atoms with van der Waals surface area (Å²) in [6, 6.07) is 23.4. The minimum absolute atomic E-state index is 0.170. The van der Waals surface area contributed by atoms with Crippen molar-refractivity contribution in [3.05, 3.63) is 101 Å². The smallest absolute Gasteiger partial charge is 0.246 e. The zero-order valence-corrected chi connectivity index (χ0v) is 18.3. The normalized spacial score (nSPS) is 15.3. The zero-order valence-electron chi connectivity index (χ0n) is 18.3. The molecule has 1 saturated heterocycles. The highest BCUT2D eigenvalue weighted by molar-refractivity contribution is 5.95. The number of benzene rings is 3. The van der Waals surface area contributed by atoms with Gasteiger partial charge in [-0.3, -0.25) is 15.0 Å². The van der Waals surface area contributed by atoms with Crippen molar-refractivity contribution >= 4 is 11.6 Å². The number of hydrogen-bond donors (Lipinski definition) is 2. The highest BCUT2D eigenvalue weighted by Gasteiger charge is 2.21. The number of rotatable bonds is 8. The monoisotopic (exact) mass is 431 g/mol. The summed E-state index contributed by atoms with van der Waals surface area (Å²) in [5.41, 5.74) is 3.96. The van der Waals surface area contributed by atoms with Gasteiger partial charge in [0.1, 0.15) is 11.9 Å². The van der Waals surface area contributed by atoms with Crippen LogP contribution in [0.3, 0.4) is 0 Å². The molecule has 1 atom stereocenters. The van der Waals surface area contributed by atoms with Gasteiger partial charge in [0.05, 0.1) is 0 Å². The molecule has 1 heterocycles. The lowest BCUT2D eigenvalue weighted by molar-refractivity contribution is -0.118. The lowest BCUT2D eigenvalue weighted by Crippen LogP contribution is -2.33. The molecule has 1 amide bonds. The quantitative estimate of drug-likeness (QED) is 0.510. The first-order valence-corrected chi connectivity index (χ1v) is 11.3. The molecule has 4 rings (SSSR count). The van der Waals surface area contributed by atoms with E-state index in [-0.39, 0.29) is 11.7 Å². The van der Waals surface area contributed by atoms with Crippen molar-refractivity contribution in [1.82, 2.24) is 10.2 Å². The summed E-state index contributed by atoms with van der Waals surface area (Å²) in [6.07, 6.45) is 3.85. The maximum Gasteiger partial charge on any atom is 0.246 e. The van der Waals surface area contributed by atoms with Gasteiger partial charge in [-0.2, -0.15) is 0 Å². The molecule has 1 aliphatic rings. The van der Waals surface area contributed by atoms with Crippen LogP contribution in [0.15, 0.2) is 78.9 Å². The highest BCUT2D eigenvalue weighted by Crippen LogP contribution is 2.20. The molecular weight excluding hydrogens is 401 g/mol. The largest absolute Gasteiger partial charge is 0.324 e. The molecule has 3 aromatic carbocycles. The van der Waals surface area contributed by atoms with Gasteiger partial charge >= 0.3 is 0 Å². The summed E-state index contributed by atoms with van der Waals surface area (Å²) in [7, 11) is 0. The summed E-state index contributed by atoms with van der Waals surface area (Å²) < 4.78 is 13.2. The van der Waals surface area contributed by atoms with Crippen molar-refractivity contribution in [2.45, 2.75) is 38.4 Å². The van der Waals surface area contributed by atoms with E-state index in [0.717, 1.165) is 25.2 Å². The summed E-state index contributed by atoms with van der Waals surface area (Å²) in [6.45, 7) is 3.82. The summed E-state index contributed by atoms with van der Waals surface area (Å²) in [4.78, 5) is 15.7. The molecule has 0 aliphatic carbocycles. The van der Waals surface area contributed by atoms with Crippen molar-refractivity contribution in [1.29, 1.82) is 0 Å². The predicted molar refractivity (Wildman–Crippen MR) is 127 cm³/mol. The lowest BCUT2D eigenvalue weighted by Gasteiger charge is -2.27. The van der Waals surface area contributed by atoms with Crippen LogP contribution in [0.1, 0.15) is 42.0 Å². The van der Waals surface area contributed by atoms with E-state index in [2.05, 4.69) is 33.7 Å². The van der Waals surface area contributed by atoms with Gasteiger partial charge in [-0.05, 0) is 66.9 Å². The van der Waals surface area contributed by atoms with Gasteiger partial charge in [0.15, 0.2) is 0 Å². The molecule has 166 valence electrons. The van der Waals surface area contributed by atoms with Crippen LogP contribution in [0.25, 0.3) is 0 Å². The van der Waals surface area contributed by atoms with Gasteiger partial charge in [-0.1, -0.05) is 61.0 Å². The molecule has 32 heavy (non-hydrogen) atoms. The first-order valence-electron chi connectivity index (χ1n) is 11.3. The van der Waals surface area contributed by atoms with Crippen LogP contribution in [0.2, 0.25) is 0 Å². The summed E-state index contributed by atoms with van der Waals surface area (Å²) in [5.74, 6) is -0.498. The van der Waals surface area contributed by atoms with Crippen molar-refractivity contribution in [2.75, 3.05) is 18.4 Å². The number of piperidine rings is 1. The predicted octanol–water partition coefficient (Wildman–Crippen LogP) is 5.28. The second-order valence-electron chi connectivity index (χ2n) is 8.33. The van der Waals surface area contributed by atoms with Gasteiger partial charge < -0.3 is 5.32 Å². The Bertz CT molecular complexity index is 1000. The molecule has 5 heteroatoms. The van der Waals surface area contributed by atoms with Crippen LogP contribution in [0, 0.1) is 5.82 Å². The van der Waals surface area contributed by atoms with E-state index in [1.54, 1.807) is 12.1 Å². The fourth-order valence-corrected chi connectivity index (χ4v) is 4.21. The highest BCUT2D eigenvalue weighted by atomic mass is 19.1. The topological polar surface area (TPSA) is 44.4 Å². The van der Waals surface area contributed by atoms with Crippen LogP contribution in [-0.2, 0) is 17.9 Å². The molecule has 0 radical (unpaired) electrons. The first-order chi connectivity index (χ1) is 15.7. The number of likely N-dealkylation sites (tertiary alicyclic amines) is 1. The van der Waals surface area contributed by atoms with E-state index < -0.39 is 6.04 Å². The Hall–Kier alpha value is -3.02. The molecule has 1 unspecified atom stereocenters. The Morgan fingerprint density at radius 1 is 0.844 bits per heavy atom. The van der Waals surface area contributed by atoms with Gasteiger partial charge in [0, 0.05) is 18.8 Å². The molecule has 0 aromatic heterocycles. The number of carbonyl (C=O) groups is 1. The fraction of sp³-hybridized carbons (Fsp3) is 0.296. The van der Waals surface area contributed by atoms with E-state index >= 15 is 0 Å². The van der Waals surface area contributed by atoms with E-state index in [1.807, 2.05) is 36.4 Å². The molecular formula is C27H30FN3O. The first kappa shape index (κ1) is 22.2. The second kappa shape index (κ2) is 11.0. The van der Waals surface area contributed by atoms with E-state index in [9.17, 15) is 9.18 Å². The molecule has 0 spiro atoms. The van der Waals surface area contributed by atoms with E-state index in [0.29, 0.717) is 12.2 Å². The molecule has 0 saturated carbocycles. The van der Waals surface area contributed by atoms with Crippen LogP contribution < -0.4 is 10.6 Å². The molecule has 1 aliphatic heterocycles. The Morgan fingerprint density at radius 3 is 2.22 bits per heavy atom. The number of halogens is 1. The Kier molecular flexibility index (Phi) is 7.64. The Labute approximate surface area is 189 Å². The SMILES string of the molecule is O=C(Nc1ccc(F)cc1)C(NCc1ccccc1CN1CCCCC1)c1ccccc1. The van der Waals surface area contributed by atoms with Crippen molar-refractivity contribution in [3.63, 3.8) is 0 Å². The van der Waals surface area contributed by atoms with Crippen LogP contribution in [0.4, 0.5) is 10.1 Å². The van der Waals surface area contributed by atoms with Crippen LogP contribution in [-0.4, -0.2) is 23.9 Å². The van der Waals surface area contributed by atoms with Gasteiger partial charge in [-0.15, -0.1) is 0 Å². The third-order valence-electron chi connectivity index (χ3n) is 5.96. The van der Waals surface area contributed by atoms with E-state index in [1.165, 1.54) is 42.5 Å². The van der Waals surface area contributed by atoms with Crippen molar-refractivity contribution < 1.29 is 9.18 Å². The number of anilines is 1. The third-order valence-corrected chi connectivity index (χ3v) is 5.96. The number of nitrogens with one attached hydrogen (secondary N) is 2. The van der Waals surface area contributed by atoms with E-state index in [4.69, 9.17) is 0 Å². The fourth-order valence-electron chi connectivity index (χ4n) is 4.21. The van der Waals surface area contributed by atoms with Gasteiger partial charge in [0.25, 0.3) is 0 Å². The maximum absolute atomic E-state index is 13.2. The number of carbonyl (C=O) groups excluding carboxylic acids is 1. The third kappa shape index (κ3) is 6.02. The number of nitrogens with zero attached hydrogens (tertiary/aromatic N) is 1. The molecule has 3 aromatic rings. The number of amides is 1.